The molecule has 0 aliphatic rings. The van der Waals surface area contributed by atoms with E-state index < -0.39 is 0 Å². The number of benzene rings is 2. The molecule has 2 aromatic rings. The highest BCUT2D eigenvalue weighted by atomic mass is 79.9. The minimum atomic E-state index is 0.681. The maximum absolute atomic E-state index is 5.76. The van der Waals surface area contributed by atoms with Gasteiger partial charge in [-0.25, -0.2) is 0 Å². The van der Waals surface area contributed by atoms with E-state index in [9.17, 15) is 0 Å². The number of methoxy groups -OCH3 is 1. The van der Waals surface area contributed by atoms with Crippen molar-refractivity contribution in [2.45, 2.75) is 33.4 Å². The van der Waals surface area contributed by atoms with E-state index in [0.29, 0.717) is 6.61 Å². The van der Waals surface area contributed by atoms with Crippen molar-refractivity contribution in [1.29, 1.82) is 0 Å². The Labute approximate surface area is 147 Å². The Morgan fingerprint density at radius 3 is 2.39 bits per heavy atom. The standard InChI is InChI=1S/C19H24BrNO2/c1-4-9-23-19-17(20)10-16(11-18(19)22-3)13-21-12-15-7-5-14(2)6-8-15/h5-8,10-11,21H,4,9,12-13H2,1-3H3. The SMILES string of the molecule is CCCOc1c(Br)cc(CNCc2ccc(C)cc2)cc1OC. The molecule has 0 bridgehead atoms. The number of aryl methyl sites for hydroxylation is 1. The van der Waals surface area contributed by atoms with Gasteiger partial charge in [0.2, 0.25) is 0 Å². The lowest BCUT2D eigenvalue weighted by molar-refractivity contribution is 0.292. The Hall–Kier alpha value is -1.52. The van der Waals surface area contributed by atoms with Crippen molar-refractivity contribution in [3.05, 3.63) is 57.6 Å². The van der Waals surface area contributed by atoms with Crippen LogP contribution in [0.2, 0.25) is 0 Å². The minimum Gasteiger partial charge on any atom is -0.493 e. The highest BCUT2D eigenvalue weighted by molar-refractivity contribution is 9.10. The fourth-order valence-corrected chi connectivity index (χ4v) is 2.88. The van der Waals surface area contributed by atoms with Gasteiger partial charge in [-0.05, 0) is 52.5 Å². The van der Waals surface area contributed by atoms with Crippen molar-refractivity contribution in [3.63, 3.8) is 0 Å². The van der Waals surface area contributed by atoms with Crippen LogP contribution in [0.3, 0.4) is 0 Å². The Bertz CT molecular complexity index is 626. The van der Waals surface area contributed by atoms with Crippen molar-refractivity contribution in [1.82, 2.24) is 5.32 Å². The quantitative estimate of drug-likeness (QED) is 0.713. The van der Waals surface area contributed by atoms with Crippen LogP contribution in [0.5, 0.6) is 11.5 Å². The predicted molar refractivity (Wildman–Crippen MR) is 98.2 cm³/mol. The van der Waals surface area contributed by atoms with E-state index in [1.54, 1.807) is 7.11 Å². The second kappa shape index (κ2) is 8.94. The third kappa shape index (κ3) is 5.26. The van der Waals surface area contributed by atoms with Crippen molar-refractivity contribution in [3.8, 4) is 11.5 Å². The first kappa shape index (κ1) is 17.8. The van der Waals surface area contributed by atoms with Crippen molar-refractivity contribution in [2.24, 2.45) is 0 Å². The van der Waals surface area contributed by atoms with Gasteiger partial charge >= 0.3 is 0 Å². The number of ether oxygens (including phenoxy) is 2. The molecule has 124 valence electrons. The molecule has 2 rings (SSSR count). The Kier molecular flexibility index (Phi) is 6.93. The molecule has 2 aromatic carbocycles. The summed E-state index contributed by atoms with van der Waals surface area (Å²) in [6, 6.07) is 12.7. The van der Waals surface area contributed by atoms with Crippen LogP contribution >= 0.6 is 15.9 Å². The van der Waals surface area contributed by atoms with E-state index in [4.69, 9.17) is 9.47 Å². The molecule has 0 aromatic heterocycles. The first-order valence-electron chi connectivity index (χ1n) is 7.89. The van der Waals surface area contributed by atoms with Gasteiger partial charge in [0, 0.05) is 13.1 Å². The summed E-state index contributed by atoms with van der Waals surface area (Å²) in [5.41, 5.74) is 3.72. The number of nitrogens with one attached hydrogen (secondary N) is 1. The average molecular weight is 378 g/mol. The number of hydrogen-bond donors (Lipinski definition) is 1. The van der Waals surface area contributed by atoms with Crippen LogP contribution in [0.4, 0.5) is 0 Å². The van der Waals surface area contributed by atoms with Gasteiger partial charge < -0.3 is 14.8 Å². The molecular weight excluding hydrogens is 354 g/mol. The van der Waals surface area contributed by atoms with Crippen LogP contribution in [0.25, 0.3) is 0 Å². The lowest BCUT2D eigenvalue weighted by atomic mass is 10.1. The fraction of sp³-hybridized carbons (Fsp3) is 0.368. The molecule has 1 N–H and O–H groups in total. The summed E-state index contributed by atoms with van der Waals surface area (Å²) < 4.78 is 12.1. The molecular formula is C19H24BrNO2. The summed E-state index contributed by atoms with van der Waals surface area (Å²) in [6.45, 7) is 6.48. The average Bonchev–Trinajstić information content (AvgIpc) is 2.55. The highest BCUT2D eigenvalue weighted by Crippen LogP contribution is 2.36. The molecule has 0 saturated carbocycles. The van der Waals surface area contributed by atoms with Crippen LogP contribution in [-0.4, -0.2) is 13.7 Å². The third-order valence-corrected chi connectivity index (χ3v) is 4.11. The first-order chi connectivity index (χ1) is 11.1. The number of hydrogen-bond acceptors (Lipinski definition) is 3. The van der Waals surface area contributed by atoms with Gasteiger partial charge in [0.05, 0.1) is 18.2 Å². The summed E-state index contributed by atoms with van der Waals surface area (Å²) in [5, 5.41) is 3.46. The topological polar surface area (TPSA) is 30.5 Å². The zero-order valence-electron chi connectivity index (χ0n) is 14.0. The molecule has 0 unspecified atom stereocenters. The van der Waals surface area contributed by atoms with Gasteiger partial charge in [-0.1, -0.05) is 36.8 Å². The second-order valence-corrected chi connectivity index (χ2v) is 6.40. The lowest BCUT2D eigenvalue weighted by Crippen LogP contribution is -2.13. The van der Waals surface area contributed by atoms with Gasteiger partial charge in [0.1, 0.15) is 0 Å². The number of rotatable bonds is 8. The van der Waals surface area contributed by atoms with E-state index >= 15 is 0 Å². The van der Waals surface area contributed by atoms with E-state index in [1.807, 2.05) is 6.07 Å². The maximum atomic E-state index is 5.76. The summed E-state index contributed by atoms with van der Waals surface area (Å²) in [5.74, 6) is 1.54. The fourth-order valence-electron chi connectivity index (χ4n) is 2.28. The predicted octanol–water partition coefficient (Wildman–Crippen LogP) is 4.84. The van der Waals surface area contributed by atoms with Crippen molar-refractivity contribution >= 4 is 15.9 Å². The van der Waals surface area contributed by atoms with E-state index in [1.165, 1.54) is 11.1 Å². The molecule has 4 heteroatoms. The smallest absolute Gasteiger partial charge is 0.175 e. The largest absolute Gasteiger partial charge is 0.493 e. The van der Waals surface area contributed by atoms with Crippen LogP contribution in [-0.2, 0) is 13.1 Å². The zero-order chi connectivity index (χ0) is 16.7. The molecule has 0 aliphatic heterocycles. The molecule has 23 heavy (non-hydrogen) atoms. The maximum Gasteiger partial charge on any atom is 0.175 e. The Morgan fingerprint density at radius 2 is 1.74 bits per heavy atom. The molecule has 3 nitrogen and oxygen atoms in total. The zero-order valence-corrected chi connectivity index (χ0v) is 15.6. The highest BCUT2D eigenvalue weighted by Gasteiger charge is 2.11. The van der Waals surface area contributed by atoms with Gasteiger partial charge in [0.15, 0.2) is 11.5 Å². The number of halogens is 1. The molecule has 0 aliphatic carbocycles. The molecule has 0 saturated heterocycles. The second-order valence-electron chi connectivity index (χ2n) is 5.55. The van der Waals surface area contributed by atoms with E-state index in [2.05, 4.69) is 65.4 Å². The molecule has 0 spiro atoms. The van der Waals surface area contributed by atoms with Gasteiger partial charge in [-0.2, -0.15) is 0 Å². The molecule has 0 radical (unpaired) electrons. The van der Waals surface area contributed by atoms with Gasteiger partial charge in [-0.3, -0.25) is 0 Å². The summed E-state index contributed by atoms with van der Waals surface area (Å²) >= 11 is 3.58. The summed E-state index contributed by atoms with van der Waals surface area (Å²) in [4.78, 5) is 0. The van der Waals surface area contributed by atoms with Crippen LogP contribution < -0.4 is 14.8 Å². The Balaban J connectivity index is 1.99. The summed E-state index contributed by atoms with van der Waals surface area (Å²) in [7, 11) is 1.67. The van der Waals surface area contributed by atoms with Crippen molar-refractivity contribution in [2.75, 3.05) is 13.7 Å². The van der Waals surface area contributed by atoms with Gasteiger partial charge in [0.25, 0.3) is 0 Å². The van der Waals surface area contributed by atoms with Crippen LogP contribution in [0.1, 0.15) is 30.0 Å². The van der Waals surface area contributed by atoms with Crippen LogP contribution in [0.15, 0.2) is 40.9 Å². The monoisotopic (exact) mass is 377 g/mol. The van der Waals surface area contributed by atoms with Gasteiger partial charge in [-0.15, -0.1) is 0 Å². The van der Waals surface area contributed by atoms with E-state index in [-0.39, 0.29) is 0 Å². The Morgan fingerprint density at radius 1 is 1.04 bits per heavy atom. The normalized spacial score (nSPS) is 10.6. The molecule has 0 heterocycles. The molecule has 0 amide bonds. The molecule has 0 fully saturated rings. The van der Waals surface area contributed by atoms with Crippen LogP contribution in [0, 0.1) is 6.92 Å². The first-order valence-corrected chi connectivity index (χ1v) is 8.68. The molecule has 0 atom stereocenters. The van der Waals surface area contributed by atoms with E-state index in [0.717, 1.165) is 41.0 Å². The summed E-state index contributed by atoms with van der Waals surface area (Å²) in [6.07, 6.45) is 0.968. The van der Waals surface area contributed by atoms with Crippen molar-refractivity contribution < 1.29 is 9.47 Å². The minimum absolute atomic E-state index is 0.681. The third-order valence-electron chi connectivity index (χ3n) is 3.52. The lowest BCUT2D eigenvalue weighted by Gasteiger charge is -2.14.